The number of hydrogen-bond donors (Lipinski definition) is 1. The van der Waals surface area contributed by atoms with Gasteiger partial charge in [-0.1, -0.05) is 22.0 Å². The molecular formula is C14H14BrN3O. The molecule has 1 aliphatic rings. The third-order valence-corrected chi connectivity index (χ3v) is 3.86. The molecule has 1 amide bonds. The van der Waals surface area contributed by atoms with E-state index in [1.807, 2.05) is 36.7 Å². The van der Waals surface area contributed by atoms with E-state index < -0.39 is 0 Å². The van der Waals surface area contributed by atoms with E-state index in [1.54, 1.807) is 0 Å². The van der Waals surface area contributed by atoms with Gasteiger partial charge in [-0.15, -0.1) is 0 Å². The van der Waals surface area contributed by atoms with Gasteiger partial charge in [-0.05, 0) is 24.6 Å². The molecule has 1 N–H and O–H groups in total. The van der Waals surface area contributed by atoms with E-state index in [2.05, 4.69) is 30.8 Å². The topological polar surface area (TPSA) is 46.9 Å². The van der Waals surface area contributed by atoms with Crippen LogP contribution in [-0.4, -0.2) is 21.5 Å². The first-order valence-electron chi connectivity index (χ1n) is 6.29. The summed E-state index contributed by atoms with van der Waals surface area (Å²) in [6, 6.07) is 7.60. The summed E-state index contributed by atoms with van der Waals surface area (Å²) >= 11 is 3.38. The average molecular weight is 320 g/mol. The maximum absolute atomic E-state index is 12.2. The highest BCUT2D eigenvalue weighted by Crippen LogP contribution is 2.15. The number of fused-ring (bicyclic) bond motifs is 1. The van der Waals surface area contributed by atoms with Crippen LogP contribution in [0.3, 0.4) is 0 Å². The zero-order valence-corrected chi connectivity index (χ0v) is 11.9. The molecule has 0 saturated carbocycles. The summed E-state index contributed by atoms with van der Waals surface area (Å²) in [4.78, 5) is 16.5. The summed E-state index contributed by atoms with van der Waals surface area (Å²) in [5, 5.41) is 3.08. The smallest absolute Gasteiger partial charge is 0.251 e. The van der Waals surface area contributed by atoms with E-state index in [1.165, 1.54) is 0 Å². The average Bonchev–Trinajstić information content (AvgIpc) is 2.86. The molecule has 0 bridgehead atoms. The molecule has 5 heteroatoms. The molecule has 0 aliphatic carbocycles. The van der Waals surface area contributed by atoms with Crippen LogP contribution >= 0.6 is 15.9 Å². The molecule has 3 rings (SSSR count). The Hall–Kier alpha value is -1.62. The third-order valence-electron chi connectivity index (χ3n) is 3.37. The molecule has 0 spiro atoms. The first-order chi connectivity index (χ1) is 9.22. The van der Waals surface area contributed by atoms with Crippen LogP contribution in [-0.2, 0) is 13.0 Å². The molecule has 2 heterocycles. The maximum Gasteiger partial charge on any atom is 0.251 e. The lowest BCUT2D eigenvalue weighted by Gasteiger charge is -2.24. The number of imidazole rings is 1. The molecule has 1 aliphatic heterocycles. The summed E-state index contributed by atoms with van der Waals surface area (Å²) in [6.07, 6.45) is 5.55. The number of carbonyl (C=O) groups is 1. The Morgan fingerprint density at radius 3 is 3.21 bits per heavy atom. The van der Waals surface area contributed by atoms with Crippen molar-refractivity contribution < 1.29 is 4.79 Å². The molecule has 2 aromatic rings. The fourth-order valence-corrected chi connectivity index (χ4v) is 2.77. The van der Waals surface area contributed by atoms with Crippen molar-refractivity contribution >= 4 is 21.8 Å². The zero-order valence-electron chi connectivity index (χ0n) is 10.3. The predicted molar refractivity (Wildman–Crippen MR) is 75.9 cm³/mol. The molecule has 1 aromatic heterocycles. The molecule has 4 nitrogen and oxygen atoms in total. The van der Waals surface area contributed by atoms with Crippen LogP contribution in [0.1, 0.15) is 22.6 Å². The number of aryl methyl sites for hydroxylation is 1. The molecular weight excluding hydrogens is 306 g/mol. The van der Waals surface area contributed by atoms with E-state index in [4.69, 9.17) is 0 Å². The Bertz CT molecular complexity index is 608. The second kappa shape index (κ2) is 5.17. The van der Waals surface area contributed by atoms with Crippen molar-refractivity contribution in [1.82, 2.24) is 14.9 Å². The number of halogens is 1. The molecule has 0 saturated heterocycles. The summed E-state index contributed by atoms with van der Waals surface area (Å²) in [6.45, 7) is 0.915. The van der Waals surface area contributed by atoms with Crippen molar-refractivity contribution in [3.05, 3.63) is 52.5 Å². The standard InChI is InChI=1S/C14H14BrN3O/c15-11-3-1-2-10(8-11)14(19)17-12-4-6-18-7-5-16-13(18)9-12/h1-3,5,7-8,12H,4,6,9H2,(H,17,19). The Labute approximate surface area is 120 Å². The summed E-state index contributed by atoms with van der Waals surface area (Å²) in [5.41, 5.74) is 0.684. The van der Waals surface area contributed by atoms with Gasteiger partial charge in [0.25, 0.3) is 5.91 Å². The number of amides is 1. The SMILES string of the molecule is O=C(NC1CCn2ccnc2C1)c1cccc(Br)c1. The number of carbonyl (C=O) groups excluding carboxylic acids is 1. The van der Waals surface area contributed by atoms with Gasteiger partial charge in [0.2, 0.25) is 0 Å². The highest BCUT2D eigenvalue weighted by molar-refractivity contribution is 9.10. The predicted octanol–water partition coefficient (Wildman–Crippen LogP) is 2.39. The van der Waals surface area contributed by atoms with Crippen LogP contribution in [0.5, 0.6) is 0 Å². The first-order valence-corrected chi connectivity index (χ1v) is 7.08. The zero-order chi connectivity index (χ0) is 13.2. The molecule has 1 atom stereocenters. The van der Waals surface area contributed by atoms with Crippen molar-refractivity contribution in [3.63, 3.8) is 0 Å². The lowest BCUT2D eigenvalue weighted by atomic mass is 10.1. The van der Waals surface area contributed by atoms with Gasteiger partial charge in [0, 0.05) is 41.4 Å². The van der Waals surface area contributed by atoms with Gasteiger partial charge >= 0.3 is 0 Å². The minimum atomic E-state index is -0.0219. The van der Waals surface area contributed by atoms with Crippen LogP contribution in [0.15, 0.2) is 41.1 Å². The third kappa shape index (κ3) is 2.71. The van der Waals surface area contributed by atoms with Crippen LogP contribution in [0.4, 0.5) is 0 Å². The minimum Gasteiger partial charge on any atom is -0.349 e. The molecule has 1 unspecified atom stereocenters. The van der Waals surface area contributed by atoms with E-state index in [0.29, 0.717) is 5.56 Å². The van der Waals surface area contributed by atoms with Gasteiger partial charge < -0.3 is 9.88 Å². The van der Waals surface area contributed by atoms with E-state index in [0.717, 1.165) is 29.7 Å². The van der Waals surface area contributed by atoms with Crippen molar-refractivity contribution in [2.24, 2.45) is 0 Å². The Morgan fingerprint density at radius 2 is 2.37 bits per heavy atom. The van der Waals surface area contributed by atoms with E-state index in [-0.39, 0.29) is 11.9 Å². The first kappa shape index (κ1) is 12.4. The number of benzene rings is 1. The fourth-order valence-electron chi connectivity index (χ4n) is 2.37. The molecule has 0 fully saturated rings. The second-order valence-corrected chi connectivity index (χ2v) is 5.63. The summed E-state index contributed by atoms with van der Waals surface area (Å²) < 4.78 is 3.06. The van der Waals surface area contributed by atoms with Crippen LogP contribution in [0.25, 0.3) is 0 Å². The second-order valence-electron chi connectivity index (χ2n) is 4.71. The number of rotatable bonds is 2. The summed E-state index contributed by atoms with van der Waals surface area (Å²) in [7, 11) is 0. The molecule has 98 valence electrons. The summed E-state index contributed by atoms with van der Waals surface area (Å²) in [5.74, 6) is 1.03. The van der Waals surface area contributed by atoms with Crippen LogP contribution in [0, 0.1) is 0 Å². The normalized spacial score (nSPS) is 17.8. The molecule has 1 aromatic carbocycles. The van der Waals surface area contributed by atoms with Crippen LogP contribution in [0.2, 0.25) is 0 Å². The maximum atomic E-state index is 12.2. The Kier molecular flexibility index (Phi) is 3.38. The van der Waals surface area contributed by atoms with Gasteiger partial charge in [-0.2, -0.15) is 0 Å². The van der Waals surface area contributed by atoms with Gasteiger partial charge in [0.05, 0.1) is 0 Å². The quantitative estimate of drug-likeness (QED) is 0.923. The lowest BCUT2D eigenvalue weighted by molar-refractivity contribution is 0.0930. The number of nitrogens with one attached hydrogen (secondary N) is 1. The number of aromatic nitrogens is 2. The fraction of sp³-hybridized carbons (Fsp3) is 0.286. The van der Waals surface area contributed by atoms with Crippen molar-refractivity contribution in [1.29, 1.82) is 0 Å². The van der Waals surface area contributed by atoms with Gasteiger partial charge in [0.15, 0.2) is 0 Å². The monoisotopic (exact) mass is 319 g/mol. The van der Waals surface area contributed by atoms with E-state index in [9.17, 15) is 4.79 Å². The van der Waals surface area contributed by atoms with Crippen molar-refractivity contribution in [2.75, 3.05) is 0 Å². The lowest BCUT2D eigenvalue weighted by Crippen LogP contribution is -2.40. The highest BCUT2D eigenvalue weighted by atomic mass is 79.9. The largest absolute Gasteiger partial charge is 0.349 e. The van der Waals surface area contributed by atoms with Gasteiger partial charge in [-0.25, -0.2) is 4.98 Å². The Balaban J connectivity index is 1.68. The van der Waals surface area contributed by atoms with Gasteiger partial charge in [0.1, 0.15) is 5.82 Å². The van der Waals surface area contributed by atoms with Crippen LogP contribution < -0.4 is 5.32 Å². The molecule has 0 radical (unpaired) electrons. The minimum absolute atomic E-state index is 0.0219. The van der Waals surface area contributed by atoms with E-state index >= 15 is 0 Å². The van der Waals surface area contributed by atoms with Crippen molar-refractivity contribution in [2.45, 2.75) is 25.4 Å². The number of nitrogens with zero attached hydrogens (tertiary/aromatic N) is 2. The number of hydrogen-bond acceptors (Lipinski definition) is 2. The highest BCUT2D eigenvalue weighted by Gasteiger charge is 2.21. The molecule has 19 heavy (non-hydrogen) atoms. The van der Waals surface area contributed by atoms with Crippen molar-refractivity contribution in [3.8, 4) is 0 Å². The Morgan fingerprint density at radius 1 is 1.47 bits per heavy atom. The van der Waals surface area contributed by atoms with Gasteiger partial charge in [-0.3, -0.25) is 4.79 Å².